The van der Waals surface area contributed by atoms with Crippen LogP contribution in [0.2, 0.25) is 0 Å². The van der Waals surface area contributed by atoms with E-state index < -0.39 is 17.4 Å². The smallest absolute Gasteiger partial charge is 0.323 e. The quantitative estimate of drug-likeness (QED) is 0.776. The minimum atomic E-state index is -1.71. The Kier molecular flexibility index (Phi) is 3.04. The molecule has 1 aliphatic heterocycles. The molecule has 0 amide bonds. The minimum Gasteiger partial charge on any atom is -0.480 e. The molecule has 6 heteroatoms. The van der Waals surface area contributed by atoms with Crippen molar-refractivity contribution in [2.45, 2.75) is 6.54 Å². The Labute approximate surface area is 102 Å². The molecule has 0 spiro atoms. The SMILES string of the molecule is O=C(O)C1(C(=O)O)CN(Cc2cccc(F)c2)C1. The zero-order chi connectivity index (χ0) is 13.3. The molecule has 0 radical (unpaired) electrons. The highest BCUT2D eigenvalue weighted by atomic mass is 19.1. The molecule has 1 saturated heterocycles. The van der Waals surface area contributed by atoms with E-state index in [0.29, 0.717) is 12.1 Å². The van der Waals surface area contributed by atoms with E-state index in [1.807, 2.05) is 0 Å². The summed E-state index contributed by atoms with van der Waals surface area (Å²) in [6, 6.07) is 5.94. The number of aliphatic carboxylic acids is 2. The standard InChI is InChI=1S/C12H12FNO4/c13-9-3-1-2-8(4-9)5-14-6-12(7-14,10(15)16)11(17)18/h1-4H,5-7H2,(H,15,16)(H,17,18). The molecule has 0 atom stereocenters. The Hall–Kier alpha value is -1.95. The summed E-state index contributed by atoms with van der Waals surface area (Å²) in [5, 5.41) is 17.8. The van der Waals surface area contributed by atoms with Crippen molar-refractivity contribution in [2.75, 3.05) is 13.1 Å². The molecular weight excluding hydrogens is 241 g/mol. The van der Waals surface area contributed by atoms with Crippen LogP contribution in [0.15, 0.2) is 24.3 Å². The van der Waals surface area contributed by atoms with Gasteiger partial charge >= 0.3 is 11.9 Å². The van der Waals surface area contributed by atoms with Gasteiger partial charge in [-0.1, -0.05) is 12.1 Å². The lowest BCUT2D eigenvalue weighted by Crippen LogP contribution is -2.63. The van der Waals surface area contributed by atoms with Crippen LogP contribution in [0.1, 0.15) is 5.56 Å². The number of hydrogen-bond acceptors (Lipinski definition) is 3. The van der Waals surface area contributed by atoms with Crippen molar-refractivity contribution < 1.29 is 24.2 Å². The molecule has 0 saturated carbocycles. The van der Waals surface area contributed by atoms with Gasteiger partial charge in [0.25, 0.3) is 0 Å². The summed E-state index contributed by atoms with van der Waals surface area (Å²) in [5.41, 5.74) is -1.02. The summed E-state index contributed by atoms with van der Waals surface area (Å²) in [5.74, 6) is -3.02. The predicted molar refractivity (Wildman–Crippen MR) is 59.4 cm³/mol. The van der Waals surface area contributed by atoms with Gasteiger partial charge in [-0.05, 0) is 17.7 Å². The summed E-state index contributed by atoms with van der Waals surface area (Å²) in [7, 11) is 0. The van der Waals surface area contributed by atoms with Gasteiger partial charge in [0, 0.05) is 19.6 Å². The minimum absolute atomic E-state index is 0.0613. The Morgan fingerprint density at radius 2 is 1.89 bits per heavy atom. The van der Waals surface area contributed by atoms with Crippen LogP contribution in [-0.2, 0) is 16.1 Å². The lowest BCUT2D eigenvalue weighted by atomic mass is 9.79. The number of likely N-dealkylation sites (tertiary alicyclic amines) is 1. The number of benzene rings is 1. The van der Waals surface area contributed by atoms with E-state index in [1.165, 1.54) is 12.1 Å². The molecule has 2 N–H and O–H groups in total. The van der Waals surface area contributed by atoms with Gasteiger partial charge < -0.3 is 10.2 Å². The van der Waals surface area contributed by atoms with Gasteiger partial charge in [-0.15, -0.1) is 0 Å². The number of carboxylic acid groups (broad SMARTS) is 2. The van der Waals surface area contributed by atoms with Crippen molar-refractivity contribution in [2.24, 2.45) is 5.41 Å². The van der Waals surface area contributed by atoms with Crippen LogP contribution in [0, 0.1) is 11.2 Å². The van der Waals surface area contributed by atoms with E-state index in [9.17, 15) is 14.0 Å². The highest BCUT2D eigenvalue weighted by Gasteiger charge is 2.56. The Morgan fingerprint density at radius 3 is 2.39 bits per heavy atom. The van der Waals surface area contributed by atoms with E-state index in [4.69, 9.17) is 10.2 Å². The molecule has 0 aliphatic carbocycles. The van der Waals surface area contributed by atoms with Crippen molar-refractivity contribution in [3.05, 3.63) is 35.6 Å². The summed E-state index contributed by atoms with van der Waals surface area (Å²) >= 11 is 0. The van der Waals surface area contributed by atoms with Gasteiger partial charge in [0.1, 0.15) is 5.82 Å². The summed E-state index contributed by atoms with van der Waals surface area (Å²) < 4.78 is 12.9. The maximum absolute atomic E-state index is 12.9. The van der Waals surface area contributed by atoms with E-state index in [0.717, 1.165) is 0 Å². The first-order chi connectivity index (χ1) is 8.44. The summed E-state index contributed by atoms with van der Waals surface area (Å²) in [6.07, 6.45) is 0. The van der Waals surface area contributed by atoms with E-state index in [-0.39, 0.29) is 18.9 Å². The molecule has 0 unspecified atom stereocenters. The molecule has 0 aromatic heterocycles. The second-order valence-electron chi connectivity index (χ2n) is 4.47. The Balaban J connectivity index is 2.01. The van der Waals surface area contributed by atoms with Crippen LogP contribution in [0.4, 0.5) is 4.39 Å². The summed E-state index contributed by atoms with van der Waals surface area (Å²) in [4.78, 5) is 23.5. The second-order valence-corrected chi connectivity index (χ2v) is 4.47. The molecule has 18 heavy (non-hydrogen) atoms. The number of hydrogen-bond donors (Lipinski definition) is 2. The first-order valence-corrected chi connectivity index (χ1v) is 5.38. The largest absolute Gasteiger partial charge is 0.480 e. The van der Waals surface area contributed by atoms with Gasteiger partial charge in [-0.25, -0.2) is 4.39 Å². The van der Waals surface area contributed by atoms with Gasteiger partial charge in [0.2, 0.25) is 0 Å². The first-order valence-electron chi connectivity index (χ1n) is 5.38. The number of carbonyl (C=O) groups is 2. The first kappa shape index (κ1) is 12.5. The average molecular weight is 253 g/mol. The predicted octanol–water partition coefficient (Wildman–Crippen LogP) is 0.797. The zero-order valence-electron chi connectivity index (χ0n) is 9.47. The van der Waals surface area contributed by atoms with Gasteiger partial charge in [-0.3, -0.25) is 14.5 Å². The molecule has 1 aromatic rings. The average Bonchev–Trinajstić information content (AvgIpc) is 2.21. The monoisotopic (exact) mass is 253 g/mol. The third-order valence-electron chi connectivity index (χ3n) is 3.10. The molecule has 1 aliphatic rings. The van der Waals surface area contributed by atoms with E-state index >= 15 is 0 Å². The number of nitrogens with zero attached hydrogens (tertiary/aromatic N) is 1. The fourth-order valence-electron chi connectivity index (χ4n) is 2.08. The summed E-state index contributed by atoms with van der Waals surface area (Å²) in [6.45, 7) is 0.225. The lowest BCUT2D eigenvalue weighted by molar-refractivity contribution is -0.178. The third kappa shape index (κ3) is 2.06. The number of halogens is 1. The fraction of sp³-hybridized carbons (Fsp3) is 0.333. The van der Waals surface area contributed by atoms with Crippen LogP contribution in [-0.4, -0.2) is 40.1 Å². The molecule has 1 fully saturated rings. The van der Waals surface area contributed by atoms with Crippen molar-refractivity contribution >= 4 is 11.9 Å². The van der Waals surface area contributed by atoms with Crippen LogP contribution < -0.4 is 0 Å². The van der Waals surface area contributed by atoms with Crippen LogP contribution in [0.3, 0.4) is 0 Å². The van der Waals surface area contributed by atoms with Gasteiger partial charge in [0.05, 0.1) is 0 Å². The van der Waals surface area contributed by atoms with Crippen LogP contribution in [0.5, 0.6) is 0 Å². The molecule has 0 bridgehead atoms. The van der Waals surface area contributed by atoms with Crippen LogP contribution >= 0.6 is 0 Å². The number of rotatable bonds is 4. The molecule has 5 nitrogen and oxygen atoms in total. The topological polar surface area (TPSA) is 77.8 Å². The highest BCUT2D eigenvalue weighted by Crippen LogP contribution is 2.32. The van der Waals surface area contributed by atoms with Crippen molar-refractivity contribution in [3.8, 4) is 0 Å². The Morgan fingerprint density at radius 1 is 1.28 bits per heavy atom. The van der Waals surface area contributed by atoms with E-state index in [2.05, 4.69) is 0 Å². The van der Waals surface area contributed by atoms with E-state index in [1.54, 1.807) is 17.0 Å². The normalized spacial score (nSPS) is 18.1. The molecule has 1 heterocycles. The highest BCUT2D eigenvalue weighted by molar-refractivity contribution is 6.00. The maximum Gasteiger partial charge on any atom is 0.323 e. The Bertz CT molecular complexity index is 481. The van der Waals surface area contributed by atoms with Crippen molar-refractivity contribution in [1.82, 2.24) is 4.90 Å². The van der Waals surface area contributed by atoms with Crippen LogP contribution in [0.25, 0.3) is 0 Å². The van der Waals surface area contributed by atoms with Crippen molar-refractivity contribution in [1.29, 1.82) is 0 Å². The molecule has 2 rings (SSSR count). The van der Waals surface area contributed by atoms with Gasteiger partial charge in [0.15, 0.2) is 5.41 Å². The lowest BCUT2D eigenvalue weighted by Gasteiger charge is -2.44. The molecular formula is C12H12FNO4. The molecule has 96 valence electrons. The van der Waals surface area contributed by atoms with Gasteiger partial charge in [-0.2, -0.15) is 0 Å². The van der Waals surface area contributed by atoms with Crippen molar-refractivity contribution in [3.63, 3.8) is 0 Å². The maximum atomic E-state index is 12.9. The third-order valence-corrected chi connectivity index (χ3v) is 3.10. The fourth-order valence-corrected chi connectivity index (χ4v) is 2.08. The zero-order valence-corrected chi connectivity index (χ0v) is 9.47. The molecule has 1 aromatic carbocycles. The number of carboxylic acids is 2. The second kappa shape index (κ2) is 4.38.